The van der Waals surface area contributed by atoms with E-state index in [4.69, 9.17) is 9.47 Å². The van der Waals surface area contributed by atoms with Gasteiger partial charge in [0.1, 0.15) is 12.4 Å². The standard InChI is InChI=1S/C14H20N2O3/c1-18-8-9-19-13-6-2-11(3-7-13)10-15-14(17)16-12-4-5-12/h2-3,6-7,12H,4-5,8-10H2,1H3,(H2,15,16,17). The van der Waals surface area contributed by atoms with E-state index >= 15 is 0 Å². The van der Waals surface area contributed by atoms with Crippen molar-refractivity contribution >= 4 is 6.03 Å². The maximum Gasteiger partial charge on any atom is 0.315 e. The second-order valence-electron chi connectivity index (χ2n) is 4.59. The molecule has 0 unspecified atom stereocenters. The van der Waals surface area contributed by atoms with Gasteiger partial charge in [0.2, 0.25) is 0 Å². The Balaban J connectivity index is 1.69. The number of hydrogen-bond donors (Lipinski definition) is 2. The van der Waals surface area contributed by atoms with E-state index in [1.165, 1.54) is 0 Å². The Labute approximate surface area is 113 Å². The maximum absolute atomic E-state index is 11.4. The summed E-state index contributed by atoms with van der Waals surface area (Å²) in [6.45, 7) is 1.64. The fourth-order valence-electron chi connectivity index (χ4n) is 1.59. The van der Waals surface area contributed by atoms with Gasteiger partial charge in [-0.3, -0.25) is 0 Å². The van der Waals surface area contributed by atoms with Crippen LogP contribution in [0.5, 0.6) is 5.75 Å². The van der Waals surface area contributed by atoms with Crippen molar-refractivity contribution in [3.05, 3.63) is 29.8 Å². The van der Waals surface area contributed by atoms with Crippen molar-refractivity contribution < 1.29 is 14.3 Å². The quantitative estimate of drug-likeness (QED) is 0.737. The molecule has 1 saturated carbocycles. The molecule has 2 amide bonds. The molecule has 0 bridgehead atoms. The second kappa shape index (κ2) is 6.99. The number of nitrogens with one attached hydrogen (secondary N) is 2. The Hall–Kier alpha value is -1.75. The molecule has 0 aromatic heterocycles. The van der Waals surface area contributed by atoms with E-state index in [0.717, 1.165) is 24.2 Å². The van der Waals surface area contributed by atoms with Gasteiger partial charge in [0.05, 0.1) is 6.61 Å². The first-order valence-electron chi connectivity index (χ1n) is 6.53. The van der Waals surface area contributed by atoms with E-state index in [0.29, 0.717) is 25.8 Å². The van der Waals surface area contributed by atoms with Crippen molar-refractivity contribution in [2.45, 2.75) is 25.4 Å². The summed E-state index contributed by atoms with van der Waals surface area (Å²) in [5.41, 5.74) is 1.05. The van der Waals surface area contributed by atoms with Crippen LogP contribution in [0, 0.1) is 0 Å². The maximum atomic E-state index is 11.4. The van der Waals surface area contributed by atoms with Gasteiger partial charge in [0.25, 0.3) is 0 Å². The third-order valence-electron chi connectivity index (χ3n) is 2.85. The minimum atomic E-state index is -0.0945. The van der Waals surface area contributed by atoms with E-state index in [1.54, 1.807) is 7.11 Å². The van der Waals surface area contributed by atoms with E-state index in [9.17, 15) is 4.79 Å². The van der Waals surface area contributed by atoms with Crippen LogP contribution in [0.1, 0.15) is 18.4 Å². The highest BCUT2D eigenvalue weighted by molar-refractivity contribution is 5.74. The fourth-order valence-corrected chi connectivity index (χ4v) is 1.59. The van der Waals surface area contributed by atoms with Crippen molar-refractivity contribution in [3.8, 4) is 5.75 Å². The average molecular weight is 264 g/mol. The summed E-state index contributed by atoms with van der Waals surface area (Å²) in [4.78, 5) is 11.4. The number of hydrogen-bond acceptors (Lipinski definition) is 3. The third-order valence-corrected chi connectivity index (χ3v) is 2.85. The minimum Gasteiger partial charge on any atom is -0.491 e. The van der Waals surface area contributed by atoms with Gasteiger partial charge in [-0.05, 0) is 30.5 Å². The molecule has 104 valence electrons. The number of methoxy groups -OCH3 is 1. The van der Waals surface area contributed by atoms with Crippen molar-refractivity contribution in [1.82, 2.24) is 10.6 Å². The third kappa shape index (κ3) is 5.18. The molecule has 0 saturated heterocycles. The Kier molecular flexibility index (Phi) is 5.03. The van der Waals surface area contributed by atoms with Gasteiger partial charge in [-0.25, -0.2) is 4.79 Å². The Morgan fingerprint density at radius 2 is 2.00 bits per heavy atom. The second-order valence-corrected chi connectivity index (χ2v) is 4.59. The van der Waals surface area contributed by atoms with Crippen LogP contribution in [0.4, 0.5) is 4.79 Å². The number of carbonyl (C=O) groups excluding carboxylic acids is 1. The van der Waals surface area contributed by atoms with Crippen LogP contribution < -0.4 is 15.4 Å². The first-order valence-corrected chi connectivity index (χ1v) is 6.53. The number of urea groups is 1. The molecule has 1 fully saturated rings. The Morgan fingerprint density at radius 1 is 1.26 bits per heavy atom. The summed E-state index contributed by atoms with van der Waals surface area (Å²) >= 11 is 0. The zero-order chi connectivity index (χ0) is 13.5. The number of rotatable bonds is 7. The van der Waals surface area contributed by atoms with E-state index < -0.39 is 0 Å². The molecule has 1 aromatic rings. The predicted octanol–water partition coefficient (Wildman–Crippen LogP) is 1.67. The lowest BCUT2D eigenvalue weighted by Gasteiger charge is -2.08. The molecule has 0 spiro atoms. The molecule has 2 rings (SSSR count). The van der Waals surface area contributed by atoms with Crippen molar-refractivity contribution in [2.24, 2.45) is 0 Å². The highest BCUT2D eigenvalue weighted by Gasteiger charge is 2.22. The van der Waals surface area contributed by atoms with Gasteiger partial charge >= 0.3 is 6.03 Å². The molecule has 0 radical (unpaired) electrons. The molecule has 0 atom stereocenters. The first-order chi connectivity index (χ1) is 9.28. The molecular weight excluding hydrogens is 244 g/mol. The lowest BCUT2D eigenvalue weighted by molar-refractivity contribution is 0.146. The summed E-state index contributed by atoms with van der Waals surface area (Å²) in [6.07, 6.45) is 2.20. The van der Waals surface area contributed by atoms with Gasteiger partial charge in [-0.1, -0.05) is 12.1 Å². The molecule has 1 aliphatic rings. The van der Waals surface area contributed by atoms with Gasteiger partial charge < -0.3 is 20.1 Å². The monoisotopic (exact) mass is 264 g/mol. The van der Waals surface area contributed by atoms with Gasteiger partial charge in [0.15, 0.2) is 0 Å². The fraction of sp³-hybridized carbons (Fsp3) is 0.500. The zero-order valence-corrected chi connectivity index (χ0v) is 11.1. The summed E-state index contributed by atoms with van der Waals surface area (Å²) in [5.74, 6) is 0.809. The minimum absolute atomic E-state index is 0.0945. The Bertz CT molecular complexity index is 402. The summed E-state index contributed by atoms with van der Waals surface area (Å²) < 4.78 is 10.4. The zero-order valence-electron chi connectivity index (χ0n) is 11.1. The van der Waals surface area contributed by atoms with Crippen LogP contribution in [-0.4, -0.2) is 32.4 Å². The first kappa shape index (κ1) is 13.7. The highest BCUT2D eigenvalue weighted by atomic mass is 16.5. The van der Waals surface area contributed by atoms with Gasteiger partial charge in [-0.15, -0.1) is 0 Å². The van der Waals surface area contributed by atoms with Gasteiger partial charge in [0, 0.05) is 19.7 Å². The van der Waals surface area contributed by atoms with Crippen LogP contribution in [0.3, 0.4) is 0 Å². The lowest BCUT2D eigenvalue weighted by Crippen LogP contribution is -2.36. The van der Waals surface area contributed by atoms with Crippen LogP contribution in [0.2, 0.25) is 0 Å². The molecule has 2 N–H and O–H groups in total. The summed E-state index contributed by atoms with van der Waals surface area (Å²) in [6, 6.07) is 7.97. The normalized spacial score (nSPS) is 13.9. The highest BCUT2D eigenvalue weighted by Crippen LogP contribution is 2.18. The molecule has 5 nitrogen and oxygen atoms in total. The number of benzene rings is 1. The number of amides is 2. The summed E-state index contributed by atoms with van der Waals surface area (Å²) in [5, 5.41) is 5.71. The molecule has 0 heterocycles. The Morgan fingerprint density at radius 3 is 2.63 bits per heavy atom. The largest absolute Gasteiger partial charge is 0.491 e. The molecule has 1 aliphatic carbocycles. The molecule has 1 aromatic carbocycles. The molecule has 5 heteroatoms. The van der Waals surface area contributed by atoms with Crippen LogP contribution in [0.15, 0.2) is 24.3 Å². The average Bonchev–Trinajstić information content (AvgIpc) is 3.22. The number of ether oxygens (including phenoxy) is 2. The van der Waals surface area contributed by atoms with Crippen LogP contribution in [0.25, 0.3) is 0 Å². The van der Waals surface area contributed by atoms with E-state index in [-0.39, 0.29) is 6.03 Å². The van der Waals surface area contributed by atoms with Crippen molar-refractivity contribution in [3.63, 3.8) is 0 Å². The molecule has 0 aliphatic heterocycles. The van der Waals surface area contributed by atoms with E-state index in [2.05, 4.69) is 10.6 Å². The summed E-state index contributed by atoms with van der Waals surface area (Å²) in [7, 11) is 1.64. The van der Waals surface area contributed by atoms with Gasteiger partial charge in [-0.2, -0.15) is 0 Å². The van der Waals surface area contributed by atoms with Crippen molar-refractivity contribution in [2.75, 3.05) is 20.3 Å². The molecular formula is C14H20N2O3. The van der Waals surface area contributed by atoms with Crippen LogP contribution in [-0.2, 0) is 11.3 Å². The smallest absolute Gasteiger partial charge is 0.315 e. The molecule has 19 heavy (non-hydrogen) atoms. The topological polar surface area (TPSA) is 59.6 Å². The van der Waals surface area contributed by atoms with Crippen LogP contribution >= 0.6 is 0 Å². The predicted molar refractivity (Wildman–Crippen MR) is 72.2 cm³/mol. The van der Waals surface area contributed by atoms with E-state index in [1.807, 2.05) is 24.3 Å². The lowest BCUT2D eigenvalue weighted by atomic mass is 10.2. The van der Waals surface area contributed by atoms with Crippen molar-refractivity contribution in [1.29, 1.82) is 0 Å². The number of carbonyl (C=O) groups is 1. The SMILES string of the molecule is COCCOc1ccc(CNC(=O)NC2CC2)cc1.